The van der Waals surface area contributed by atoms with Gasteiger partial charge in [0.1, 0.15) is 18.3 Å². The van der Waals surface area contributed by atoms with Crippen molar-refractivity contribution < 1.29 is 9.53 Å². The first-order valence-corrected chi connectivity index (χ1v) is 12.1. The monoisotopic (exact) mass is 468 g/mol. The number of nitrogens with one attached hydrogen (secondary N) is 1. The molecule has 0 bridgehead atoms. The van der Waals surface area contributed by atoms with Gasteiger partial charge in [-0.2, -0.15) is 0 Å². The van der Waals surface area contributed by atoms with Gasteiger partial charge in [0.05, 0.1) is 5.69 Å². The first-order valence-electron chi connectivity index (χ1n) is 12.1. The predicted octanol–water partition coefficient (Wildman–Crippen LogP) is 5.77. The van der Waals surface area contributed by atoms with Crippen LogP contribution < -0.4 is 15.1 Å². The summed E-state index contributed by atoms with van der Waals surface area (Å²) >= 11 is 0. The lowest BCUT2D eigenvalue weighted by atomic mass is 10.1. The van der Waals surface area contributed by atoms with E-state index in [9.17, 15) is 4.79 Å². The van der Waals surface area contributed by atoms with Crippen molar-refractivity contribution in [2.24, 2.45) is 4.99 Å². The average Bonchev–Trinajstić information content (AvgIpc) is 3.22. The molecule has 1 aliphatic heterocycles. The fourth-order valence-corrected chi connectivity index (χ4v) is 4.03. The number of carbonyl (C=O) groups excluding carboxylic acids is 1. The Labute approximate surface area is 207 Å². The Kier molecular flexibility index (Phi) is 7.95. The van der Waals surface area contributed by atoms with Crippen molar-refractivity contribution in [3.05, 3.63) is 95.7 Å². The number of amides is 1. The summed E-state index contributed by atoms with van der Waals surface area (Å²) < 4.78 is 5.36. The van der Waals surface area contributed by atoms with Gasteiger partial charge in [-0.15, -0.1) is 0 Å². The second kappa shape index (κ2) is 11.5. The van der Waals surface area contributed by atoms with E-state index in [1.807, 2.05) is 79.7 Å². The van der Waals surface area contributed by atoms with E-state index >= 15 is 0 Å². The third-order valence-electron chi connectivity index (χ3n) is 5.93. The summed E-state index contributed by atoms with van der Waals surface area (Å²) in [6.45, 7) is 9.24. The van der Waals surface area contributed by atoms with E-state index in [0.29, 0.717) is 24.9 Å². The Morgan fingerprint density at radius 3 is 2.23 bits per heavy atom. The third kappa shape index (κ3) is 5.61. The minimum atomic E-state index is -0.147. The van der Waals surface area contributed by atoms with E-state index in [1.54, 1.807) is 4.90 Å². The van der Waals surface area contributed by atoms with Crippen molar-refractivity contribution in [2.75, 3.05) is 41.5 Å². The van der Waals surface area contributed by atoms with E-state index < -0.39 is 0 Å². The van der Waals surface area contributed by atoms with E-state index in [4.69, 9.17) is 9.73 Å². The lowest BCUT2D eigenvalue weighted by molar-refractivity contribution is -0.113. The highest BCUT2D eigenvalue weighted by molar-refractivity contribution is 6.33. The van der Waals surface area contributed by atoms with Gasteiger partial charge < -0.3 is 15.0 Å². The van der Waals surface area contributed by atoms with Crippen molar-refractivity contribution in [1.29, 1.82) is 0 Å². The van der Waals surface area contributed by atoms with Gasteiger partial charge in [0.15, 0.2) is 0 Å². The number of anilines is 3. The van der Waals surface area contributed by atoms with Crippen LogP contribution in [0.3, 0.4) is 0 Å². The molecule has 0 aliphatic carbocycles. The Morgan fingerprint density at radius 2 is 1.60 bits per heavy atom. The smallest absolute Gasteiger partial charge is 0.282 e. The molecule has 180 valence electrons. The van der Waals surface area contributed by atoms with E-state index in [2.05, 4.69) is 36.2 Å². The van der Waals surface area contributed by atoms with Gasteiger partial charge in [0.2, 0.25) is 0 Å². The maximum Gasteiger partial charge on any atom is 0.282 e. The van der Waals surface area contributed by atoms with Crippen LogP contribution in [0.5, 0.6) is 0 Å². The maximum atomic E-state index is 13.6. The van der Waals surface area contributed by atoms with Gasteiger partial charge in [-0.1, -0.05) is 42.5 Å². The van der Waals surface area contributed by atoms with Gasteiger partial charge in [-0.05, 0) is 68.8 Å². The Bertz CT molecular complexity index is 1180. The summed E-state index contributed by atoms with van der Waals surface area (Å²) in [6.07, 6.45) is 1.86. The molecule has 0 atom stereocenters. The second-order valence-corrected chi connectivity index (χ2v) is 8.10. The molecular formula is C29H32N4O2. The summed E-state index contributed by atoms with van der Waals surface area (Å²) in [5, 5.41) is 3.21. The summed E-state index contributed by atoms with van der Waals surface area (Å²) in [4.78, 5) is 22.3. The molecule has 1 N–H and O–H groups in total. The zero-order valence-electron chi connectivity index (χ0n) is 20.6. The summed E-state index contributed by atoms with van der Waals surface area (Å²) in [5.41, 5.74) is 5.11. The number of aliphatic imine (C=N–C) groups is 1. The van der Waals surface area contributed by atoms with Crippen LogP contribution in [0.1, 0.15) is 31.9 Å². The van der Waals surface area contributed by atoms with Gasteiger partial charge in [0, 0.05) is 36.6 Å². The number of carbonyl (C=O) groups is 1. The molecule has 0 aromatic heterocycles. The molecule has 0 spiro atoms. The minimum absolute atomic E-state index is 0.147. The molecule has 4 rings (SSSR count). The van der Waals surface area contributed by atoms with Crippen LogP contribution in [0.15, 0.2) is 89.6 Å². The number of rotatable bonds is 10. The number of hydrogen-bond acceptors (Lipinski definition) is 5. The van der Waals surface area contributed by atoms with Gasteiger partial charge >= 0.3 is 0 Å². The third-order valence-corrected chi connectivity index (χ3v) is 5.93. The van der Waals surface area contributed by atoms with Crippen LogP contribution in [-0.4, -0.2) is 38.2 Å². The normalized spacial score (nSPS) is 14.4. The van der Waals surface area contributed by atoms with Gasteiger partial charge in [-0.3, -0.25) is 9.69 Å². The predicted molar refractivity (Wildman–Crippen MR) is 145 cm³/mol. The molecule has 6 heteroatoms. The summed E-state index contributed by atoms with van der Waals surface area (Å²) in [6, 6.07) is 25.8. The standard InChI is InChI=1S/C29H32N4O2/c1-4-32(5-2)25-16-12-22(13-17-25)20-27-29(34)33(28(31-27)23-10-8-7-9-11-23)26-18-14-24(15-19-26)30-21-35-6-3/h7-20,30H,4-6,21H2,1-3H3/b27-20-. The van der Waals surface area contributed by atoms with Crippen LogP contribution in [-0.2, 0) is 9.53 Å². The molecule has 1 aliphatic rings. The molecule has 1 heterocycles. The number of nitrogens with zero attached hydrogens (tertiary/aromatic N) is 3. The Balaban J connectivity index is 1.64. The highest BCUT2D eigenvalue weighted by atomic mass is 16.5. The molecule has 0 radical (unpaired) electrons. The summed E-state index contributed by atoms with van der Waals surface area (Å²) in [7, 11) is 0. The molecule has 3 aromatic rings. The van der Waals surface area contributed by atoms with Crippen LogP contribution in [0.25, 0.3) is 6.08 Å². The first kappa shape index (κ1) is 24.2. The largest absolute Gasteiger partial charge is 0.372 e. The minimum Gasteiger partial charge on any atom is -0.372 e. The van der Waals surface area contributed by atoms with Crippen molar-refractivity contribution >= 4 is 34.9 Å². The topological polar surface area (TPSA) is 57.2 Å². The molecule has 0 saturated carbocycles. The SMILES string of the molecule is CCOCNc1ccc(N2C(=O)/C(=C/c3ccc(N(CC)CC)cc3)N=C2c2ccccc2)cc1. The molecular weight excluding hydrogens is 436 g/mol. The molecule has 0 saturated heterocycles. The zero-order valence-corrected chi connectivity index (χ0v) is 20.6. The van der Waals surface area contributed by atoms with Crippen molar-refractivity contribution in [1.82, 2.24) is 0 Å². The molecule has 3 aromatic carbocycles. The van der Waals surface area contributed by atoms with E-state index in [1.165, 1.54) is 5.69 Å². The lowest BCUT2D eigenvalue weighted by Gasteiger charge is -2.20. The average molecular weight is 469 g/mol. The second-order valence-electron chi connectivity index (χ2n) is 8.10. The fraction of sp³-hybridized carbons (Fsp3) is 0.241. The van der Waals surface area contributed by atoms with Crippen molar-refractivity contribution in [2.45, 2.75) is 20.8 Å². The maximum absolute atomic E-state index is 13.6. The van der Waals surface area contributed by atoms with Crippen LogP contribution in [0.4, 0.5) is 17.1 Å². The van der Waals surface area contributed by atoms with Gasteiger partial charge in [-0.25, -0.2) is 4.99 Å². The quantitative estimate of drug-likeness (QED) is 0.233. The van der Waals surface area contributed by atoms with Crippen molar-refractivity contribution in [3.8, 4) is 0 Å². The van der Waals surface area contributed by atoms with Crippen LogP contribution in [0, 0.1) is 0 Å². The molecule has 0 fully saturated rings. The molecule has 0 unspecified atom stereocenters. The number of hydrogen-bond donors (Lipinski definition) is 1. The van der Waals surface area contributed by atoms with Crippen LogP contribution in [0.2, 0.25) is 0 Å². The van der Waals surface area contributed by atoms with E-state index in [-0.39, 0.29) is 5.91 Å². The summed E-state index contributed by atoms with van der Waals surface area (Å²) in [5.74, 6) is 0.475. The van der Waals surface area contributed by atoms with Gasteiger partial charge in [0.25, 0.3) is 5.91 Å². The molecule has 1 amide bonds. The zero-order chi connectivity index (χ0) is 24.6. The van der Waals surface area contributed by atoms with Crippen LogP contribution >= 0.6 is 0 Å². The highest BCUT2D eigenvalue weighted by Gasteiger charge is 2.32. The molecule has 6 nitrogen and oxygen atoms in total. The van der Waals surface area contributed by atoms with E-state index in [0.717, 1.165) is 35.6 Å². The lowest BCUT2D eigenvalue weighted by Crippen LogP contribution is -2.32. The highest BCUT2D eigenvalue weighted by Crippen LogP contribution is 2.29. The first-order chi connectivity index (χ1) is 17.1. The van der Waals surface area contributed by atoms with Crippen molar-refractivity contribution in [3.63, 3.8) is 0 Å². The Morgan fingerprint density at radius 1 is 0.914 bits per heavy atom. The Hall–Kier alpha value is -3.90. The number of benzene rings is 3. The number of amidine groups is 1. The fourth-order valence-electron chi connectivity index (χ4n) is 4.03. The molecule has 35 heavy (non-hydrogen) atoms. The number of ether oxygens (including phenoxy) is 1.